The Hall–Kier alpha value is -1.21. The molecule has 0 saturated carbocycles. The lowest BCUT2D eigenvalue weighted by molar-refractivity contribution is 1.37. The summed E-state index contributed by atoms with van der Waals surface area (Å²) in [5.74, 6) is 0. The topological polar surface area (TPSA) is 0 Å². The highest BCUT2D eigenvalue weighted by Crippen LogP contribution is 2.24. The molecule has 0 saturated heterocycles. The molecular formula is C14H14S. The van der Waals surface area contributed by atoms with Crippen molar-refractivity contribution < 1.29 is 0 Å². The maximum absolute atomic E-state index is 4.36. The van der Waals surface area contributed by atoms with E-state index in [9.17, 15) is 0 Å². The molecule has 2 rings (SSSR count). The first-order valence-electron chi connectivity index (χ1n) is 5.03. The average Bonchev–Trinajstić information content (AvgIpc) is 2.16. The van der Waals surface area contributed by atoms with E-state index in [1.807, 2.05) is 12.1 Å². The summed E-state index contributed by atoms with van der Waals surface area (Å²) in [5, 5.41) is 0. The highest BCUT2D eigenvalue weighted by molar-refractivity contribution is 7.80. The lowest BCUT2D eigenvalue weighted by Gasteiger charge is -2.05. The van der Waals surface area contributed by atoms with Gasteiger partial charge in [0.05, 0.1) is 0 Å². The third-order valence-corrected chi connectivity index (χ3v) is 2.68. The number of thiol groups is 1. The van der Waals surface area contributed by atoms with Crippen LogP contribution in [0.1, 0.15) is 11.1 Å². The van der Waals surface area contributed by atoms with Gasteiger partial charge in [0.1, 0.15) is 0 Å². The van der Waals surface area contributed by atoms with Crippen LogP contribution in [0.2, 0.25) is 0 Å². The van der Waals surface area contributed by atoms with E-state index in [1.165, 1.54) is 22.3 Å². The molecule has 0 spiro atoms. The summed E-state index contributed by atoms with van der Waals surface area (Å²) in [6.07, 6.45) is 0. The molecule has 0 atom stereocenters. The van der Waals surface area contributed by atoms with E-state index >= 15 is 0 Å². The van der Waals surface area contributed by atoms with Gasteiger partial charge in [0, 0.05) is 4.90 Å². The van der Waals surface area contributed by atoms with E-state index in [1.54, 1.807) is 0 Å². The second kappa shape index (κ2) is 4.11. The van der Waals surface area contributed by atoms with Crippen molar-refractivity contribution in [3.8, 4) is 11.1 Å². The zero-order valence-corrected chi connectivity index (χ0v) is 9.88. The van der Waals surface area contributed by atoms with Gasteiger partial charge in [-0.3, -0.25) is 0 Å². The van der Waals surface area contributed by atoms with Crippen LogP contribution in [0.4, 0.5) is 0 Å². The van der Waals surface area contributed by atoms with Crippen molar-refractivity contribution in [2.45, 2.75) is 18.7 Å². The average molecular weight is 214 g/mol. The van der Waals surface area contributed by atoms with Crippen molar-refractivity contribution in [3.05, 3.63) is 53.6 Å². The van der Waals surface area contributed by atoms with Gasteiger partial charge in [-0.05, 0) is 37.1 Å². The zero-order valence-electron chi connectivity index (χ0n) is 8.99. The fourth-order valence-corrected chi connectivity index (χ4v) is 2.05. The molecule has 0 radical (unpaired) electrons. The second-order valence-electron chi connectivity index (χ2n) is 3.93. The molecule has 0 aliphatic rings. The molecule has 2 aromatic carbocycles. The molecule has 0 aromatic heterocycles. The van der Waals surface area contributed by atoms with Gasteiger partial charge in [-0.15, -0.1) is 12.6 Å². The van der Waals surface area contributed by atoms with Crippen LogP contribution in [0.3, 0.4) is 0 Å². The van der Waals surface area contributed by atoms with Gasteiger partial charge in [-0.25, -0.2) is 0 Å². The molecule has 0 amide bonds. The minimum atomic E-state index is 1.01. The molecular weight excluding hydrogens is 200 g/mol. The highest BCUT2D eigenvalue weighted by Gasteiger charge is 1.99. The summed E-state index contributed by atoms with van der Waals surface area (Å²) in [6, 6.07) is 14.8. The van der Waals surface area contributed by atoms with Crippen LogP contribution >= 0.6 is 12.6 Å². The third kappa shape index (κ3) is 2.42. The lowest BCUT2D eigenvalue weighted by atomic mass is 10.0. The van der Waals surface area contributed by atoms with Gasteiger partial charge in [-0.1, -0.05) is 41.5 Å². The molecule has 0 heterocycles. The lowest BCUT2D eigenvalue weighted by Crippen LogP contribution is -1.82. The van der Waals surface area contributed by atoms with Crippen molar-refractivity contribution >= 4 is 12.6 Å². The Labute approximate surface area is 96.4 Å². The van der Waals surface area contributed by atoms with Crippen LogP contribution in [-0.2, 0) is 0 Å². The quantitative estimate of drug-likeness (QED) is 0.674. The second-order valence-corrected chi connectivity index (χ2v) is 4.44. The van der Waals surface area contributed by atoms with Crippen molar-refractivity contribution in [1.29, 1.82) is 0 Å². The zero-order chi connectivity index (χ0) is 10.8. The normalized spacial score (nSPS) is 10.3. The monoisotopic (exact) mass is 214 g/mol. The first-order valence-corrected chi connectivity index (χ1v) is 5.47. The standard InChI is InChI=1S/C14H14S/c1-10-6-11(2)8-13(7-10)12-4-3-5-14(15)9-12/h3-9,15H,1-2H3. The smallest absolute Gasteiger partial charge is 0.00461 e. The van der Waals surface area contributed by atoms with E-state index in [-0.39, 0.29) is 0 Å². The molecule has 1 heteroatoms. The third-order valence-electron chi connectivity index (χ3n) is 2.40. The Balaban J connectivity index is 2.54. The van der Waals surface area contributed by atoms with E-state index in [4.69, 9.17) is 0 Å². The molecule has 0 N–H and O–H groups in total. The van der Waals surface area contributed by atoms with Gasteiger partial charge in [-0.2, -0.15) is 0 Å². The summed E-state index contributed by atoms with van der Waals surface area (Å²) >= 11 is 4.36. The summed E-state index contributed by atoms with van der Waals surface area (Å²) < 4.78 is 0. The summed E-state index contributed by atoms with van der Waals surface area (Å²) in [7, 11) is 0. The highest BCUT2D eigenvalue weighted by atomic mass is 32.1. The minimum absolute atomic E-state index is 1.01. The predicted octanol–water partition coefficient (Wildman–Crippen LogP) is 4.26. The number of hydrogen-bond donors (Lipinski definition) is 1. The fourth-order valence-electron chi connectivity index (χ4n) is 1.83. The minimum Gasteiger partial charge on any atom is -0.143 e. The van der Waals surface area contributed by atoms with Gasteiger partial charge < -0.3 is 0 Å². The maximum atomic E-state index is 4.36. The van der Waals surface area contributed by atoms with Crippen molar-refractivity contribution in [3.63, 3.8) is 0 Å². The molecule has 0 aliphatic heterocycles. The van der Waals surface area contributed by atoms with Crippen LogP contribution in [0.5, 0.6) is 0 Å². The van der Waals surface area contributed by atoms with Gasteiger partial charge in [0.2, 0.25) is 0 Å². The fraction of sp³-hybridized carbons (Fsp3) is 0.143. The SMILES string of the molecule is Cc1cc(C)cc(-c2cccc(S)c2)c1. The van der Waals surface area contributed by atoms with E-state index < -0.39 is 0 Å². The molecule has 0 fully saturated rings. The first kappa shape index (κ1) is 10.3. The van der Waals surface area contributed by atoms with Crippen LogP contribution in [0, 0.1) is 13.8 Å². The van der Waals surface area contributed by atoms with Gasteiger partial charge >= 0.3 is 0 Å². The Bertz CT molecular complexity index is 466. The summed E-state index contributed by atoms with van der Waals surface area (Å²) in [5.41, 5.74) is 5.10. The van der Waals surface area contributed by atoms with Crippen molar-refractivity contribution in [2.24, 2.45) is 0 Å². The van der Waals surface area contributed by atoms with Crippen LogP contribution in [0.25, 0.3) is 11.1 Å². The summed E-state index contributed by atoms with van der Waals surface area (Å²) in [6.45, 7) is 4.25. The molecule has 0 aliphatic carbocycles. The Morgan fingerprint density at radius 3 is 2.07 bits per heavy atom. The van der Waals surface area contributed by atoms with Crippen LogP contribution < -0.4 is 0 Å². The largest absolute Gasteiger partial charge is 0.143 e. The van der Waals surface area contributed by atoms with Crippen molar-refractivity contribution in [1.82, 2.24) is 0 Å². The number of rotatable bonds is 1. The molecule has 15 heavy (non-hydrogen) atoms. The predicted molar refractivity (Wildman–Crippen MR) is 68.6 cm³/mol. The van der Waals surface area contributed by atoms with Crippen LogP contribution in [0.15, 0.2) is 47.4 Å². The van der Waals surface area contributed by atoms with Crippen LogP contribution in [-0.4, -0.2) is 0 Å². The molecule has 0 bridgehead atoms. The van der Waals surface area contributed by atoms with Crippen molar-refractivity contribution in [2.75, 3.05) is 0 Å². The Morgan fingerprint density at radius 1 is 0.800 bits per heavy atom. The van der Waals surface area contributed by atoms with E-state index in [0.717, 1.165) is 4.90 Å². The number of hydrogen-bond acceptors (Lipinski definition) is 1. The van der Waals surface area contributed by atoms with Gasteiger partial charge in [0.15, 0.2) is 0 Å². The number of aryl methyl sites for hydroxylation is 2. The number of benzene rings is 2. The van der Waals surface area contributed by atoms with E-state index in [2.05, 4.69) is 56.8 Å². The molecule has 76 valence electrons. The maximum Gasteiger partial charge on any atom is 0.00461 e. The van der Waals surface area contributed by atoms with E-state index in [0.29, 0.717) is 0 Å². The Kier molecular flexibility index (Phi) is 2.83. The Morgan fingerprint density at radius 2 is 1.47 bits per heavy atom. The van der Waals surface area contributed by atoms with Gasteiger partial charge in [0.25, 0.3) is 0 Å². The first-order chi connectivity index (χ1) is 7.15. The molecule has 0 nitrogen and oxygen atoms in total. The summed E-state index contributed by atoms with van der Waals surface area (Å²) in [4.78, 5) is 1.01. The molecule has 2 aromatic rings. The molecule has 0 unspecified atom stereocenters.